The number of nitrogen functional groups attached to an aromatic ring is 1. The van der Waals surface area contributed by atoms with Gasteiger partial charge in [0, 0.05) is 29.7 Å². The molecule has 8 heteroatoms. The van der Waals surface area contributed by atoms with Crippen molar-refractivity contribution in [1.82, 2.24) is 20.6 Å². The normalized spacial score (nSPS) is 10.4. The molecule has 7 nitrogen and oxygen atoms in total. The second-order valence-corrected chi connectivity index (χ2v) is 6.76. The maximum atomic E-state index is 12.6. The van der Waals surface area contributed by atoms with Crippen LogP contribution in [0.25, 0.3) is 11.3 Å². The Hall–Kier alpha value is -3.45. The number of carbonyl (C=O) groups excluding carboxylic acids is 2. The van der Waals surface area contributed by atoms with Crippen LogP contribution in [0, 0.1) is 6.92 Å². The fourth-order valence-electron chi connectivity index (χ4n) is 2.76. The molecule has 0 saturated carbocycles. The van der Waals surface area contributed by atoms with Gasteiger partial charge in [0.2, 0.25) is 0 Å². The van der Waals surface area contributed by atoms with E-state index in [4.69, 9.17) is 17.3 Å². The SMILES string of the molecule is CNC(=O)c1nc(-c2cccc(C(=O)NCc3cccc(Cl)c3C)c2)cnc1N. The molecule has 0 atom stereocenters. The Bertz CT molecular complexity index is 1080. The summed E-state index contributed by atoms with van der Waals surface area (Å²) in [5.41, 5.74) is 9.20. The molecular formula is C21H20ClN5O2. The third-order valence-corrected chi connectivity index (χ3v) is 4.89. The number of nitrogens with two attached hydrogens (primary N) is 1. The highest BCUT2D eigenvalue weighted by atomic mass is 35.5. The maximum absolute atomic E-state index is 12.6. The lowest BCUT2D eigenvalue weighted by Crippen LogP contribution is -2.23. The smallest absolute Gasteiger partial charge is 0.273 e. The van der Waals surface area contributed by atoms with Gasteiger partial charge in [0.05, 0.1) is 11.9 Å². The number of nitrogens with zero attached hydrogens (tertiary/aromatic N) is 2. The number of hydrogen-bond donors (Lipinski definition) is 3. The summed E-state index contributed by atoms with van der Waals surface area (Å²) in [6, 6.07) is 12.5. The molecule has 0 fully saturated rings. The minimum absolute atomic E-state index is 0.0382. The van der Waals surface area contributed by atoms with Gasteiger partial charge < -0.3 is 16.4 Å². The molecule has 3 aromatic rings. The number of hydrogen-bond acceptors (Lipinski definition) is 5. The van der Waals surface area contributed by atoms with E-state index in [9.17, 15) is 9.59 Å². The Morgan fingerprint density at radius 2 is 1.90 bits per heavy atom. The minimum atomic E-state index is -0.428. The van der Waals surface area contributed by atoms with Crippen molar-refractivity contribution in [1.29, 1.82) is 0 Å². The van der Waals surface area contributed by atoms with E-state index in [-0.39, 0.29) is 17.4 Å². The predicted molar refractivity (Wildman–Crippen MR) is 113 cm³/mol. The molecule has 3 rings (SSSR count). The molecule has 148 valence electrons. The molecule has 29 heavy (non-hydrogen) atoms. The molecule has 0 bridgehead atoms. The molecular weight excluding hydrogens is 390 g/mol. The Balaban J connectivity index is 1.81. The van der Waals surface area contributed by atoms with Crippen LogP contribution in [0.1, 0.15) is 32.0 Å². The van der Waals surface area contributed by atoms with Gasteiger partial charge in [0.25, 0.3) is 11.8 Å². The molecule has 2 amide bonds. The van der Waals surface area contributed by atoms with Gasteiger partial charge in [0.1, 0.15) is 0 Å². The molecule has 0 radical (unpaired) electrons. The number of anilines is 1. The maximum Gasteiger partial charge on any atom is 0.273 e. The van der Waals surface area contributed by atoms with Crippen LogP contribution in [-0.2, 0) is 6.54 Å². The largest absolute Gasteiger partial charge is 0.382 e. The third kappa shape index (κ3) is 4.52. The highest BCUT2D eigenvalue weighted by Gasteiger charge is 2.14. The van der Waals surface area contributed by atoms with Crippen molar-refractivity contribution in [3.63, 3.8) is 0 Å². The van der Waals surface area contributed by atoms with Crippen LogP contribution in [0.4, 0.5) is 5.82 Å². The van der Waals surface area contributed by atoms with E-state index in [1.807, 2.05) is 25.1 Å². The lowest BCUT2D eigenvalue weighted by molar-refractivity contribution is 0.0945. The molecule has 0 spiro atoms. The predicted octanol–water partition coefficient (Wildman–Crippen LogP) is 2.98. The van der Waals surface area contributed by atoms with Crippen LogP contribution in [0.3, 0.4) is 0 Å². The van der Waals surface area contributed by atoms with Crippen molar-refractivity contribution in [2.75, 3.05) is 12.8 Å². The topological polar surface area (TPSA) is 110 Å². The van der Waals surface area contributed by atoms with Crippen LogP contribution < -0.4 is 16.4 Å². The first-order valence-electron chi connectivity index (χ1n) is 8.88. The number of nitrogens with one attached hydrogen (secondary N) is 2. The van der Waals surface area contributed by atoms with Crippen molar-refractivity contribution in [2.24, 2.45) is 0 Å². The van der Waals surface area contributed by atoms with Crippen LogP contribution in [0.5, 0.6) is 0 Å². The van der Waals surface area contributed by atoms with Gasteiger partial charge in [-0.3, -0.25) is 9.59 Å². The van der Waals surface area contributed by atoms with E-state index in [0.717, 1.165) is 11.1 Å². The van der Waals surface area contributed by atoms with Crippen molar-refractivity contribution in [3.05, 3.63) is 76.1 Å². The number of halogens is 1. The third-order valence-electron chi connectivity index (χ3n) is 4.48. The fraction of sp³-hybridized carbons (Fsp3) is 0.143. The summed E-state index contributed by atoms with van der Waals surface area (Å²) < 4.78 is 0. The number of rotatable bonds is 5. The van der Waals surface area contributed by atoms with E-state index >= 15 is 0 Å². The first-order valence-corrected chi connectivity index (χ1v) is 9.25. The van der Waals surface area contributed by atoms with Gasteiger partial charge in [-0.1, -0.05) is 35.9 Å². The zero-order valence-corrected chi connectivity index (χ0v) is 16.7. The van der Waals surface area contributed by atoms with Gasteiger partial charge in [0.15, 0.2) is 11.5 Å². The van der Waals surface area contributed by atoms with Gasteiger partial charge in [-0.05, 0) is 36.2 Å². The van der Waals surface area contributed by atoms with E-state index in [1.54, 1.807) is 24.3 Å². The van der Waals surface area contributed by atoms with Gasteiger partial charge >= 0.3 is 0 Å². The molecule has 0 saturated heterocycles. The average Bonchev–Trinajstić information content (AvgIpc) is 2.74. The summed E-state index contributed by atoms with van der Waals surface area (Å²) in [7, 11) is 1.49. The molecule has 0 aliphatic carbocycles. The molecule has 1 heterocycles. The van der Waals surface area contributed by atoms with Crippen LogP contribution in [0.2, 0.25) is 5.02 Å². The summed E-state index contributed by atoms with van der Waals surface area (Å²) >= 11 is 6.13. The monoisotopic (exact) mass is 409 g/mol. The lowest BCUT2D eigenvalue weighted by atomic mass is 10.1. The second-order valence-electron chi connectivity index (χ2n) is 6.36. The molecule has 0 aliphatic rings. The molecule has 4 N–H and O–H groups in total. The summed E-state index contributed by atoms with van der Waals surface area (Å²) in [6.45, 7) is 2.27. The molecule has 2 aromatic carbocycles. The highest BCUT2D eigenvalue weighted by Crippen LogP contribution is 2.21. The molecule has 0 aliphatic heterocycles. The number of amides is 2. The minimum Gasteiger partial charge on any atom is -0.382 e. The van der Waals surface area contributed by atoms with Crippen LogP contribution in [0.15, 0.2) is 48.7 Å². The quantitative estimate of drug-likeness (QED) is 0.600. The van der Waals surface area contributed by atoms with Gasteiger partial charge in [-0.25, -0.2) is 9.97 Å². The van der Waals surface area contributed by atoms with Crippen molar-refractivity contribution >= 4 is 29.2 Å². The van der Waals surface area contributed by atoms with Crippen molar-refractivity contribution < 1.29 is 9.59 Å². The summed E-state index contributed by atoms with van der Waals surface area (Å²) in [4.78, 5) is 32.8. The van der Waals surface area contributed by atoms with E-state index < -0.39 is 5.91 Å². The van der Waals surface area contributed by atoms with E-state index in [0.29, 0.717) is 28.4 Å². The standard InChI is InChI=1S/C21H20ClN5O2/c1-12-15(7-4-8-16(12)22)10-26-20(28)14-6-3-5-13(9-14)17-11-25-19(23)18(27-17)21(29)24-2/h3-9,11H,10H2,1-2H3,(H2,23,25)(H,24,29)(H,26,28). The highest BCUT2D eigenvalue weighted by molar-refractivity contribution is 6.31. The Morgan fingerprint density at radius 1 is 1.14 bits per heavy atom. The lowest BCUT2D eigenvalue weighted by Gasteiger charge is -2.10. The van der Waals surface area contributed by atoms with Crippen molar-refractivity contribution in [2.45, 2.75) is 13.5 Å². The number of aromatic nitrogens is 2. The van der Waals surface area contributed by atoms with Crippen LogP contribution >= 0.6 is 11.6 Å². The zero-order chi connectivity index (χ0) is 21.0. The Labute approximate surface area is 173 Å². The zero-order valence-electron chi connectivity index (χ0n) is 16.0. The average molecular weight is 410 g/mol. The van der Waals surface area contributed by atoms with Gasteiger partial charge in [-0.15, -0.1) is 0 Å². The first kappa shape index (κ1) is 20.3. The Morgan fingerprint density at radius 3 is 2.66 bits per heavy atom. The first-order chi connectivity index (χ1) is 13.9. The molecule has 0 unspecified atom stereocenters. The van der Waals surface area contributed by atoms with E-state index in [1.165, 1.54) is 13.2 Å². The Kier molecular flexibility index (Phi) is 6.09. The summed E-state index contributed by atoms with van der Waals surface area (Å²) in [6.07, 6.45) is 1.47. The second kappa shape index (κ2) is 8.70. The van der Waals surface area contributed by atoms with Crippen LogP contribution in [-0.4, -0.2) is 28.8 Å². The summed E-state index contributed by atoms with van der Waals surface area (Å²) in [5, 5.41) is 6.03. The number of carbonyl (C=O) groups is 2. The molecule has 1 aromatic heterocycles. The number of benzene rings is 2. The van der Waals surface area contributed by atoms with E-state index in [2.05, 4.69) is 20.6 Å². The van der Waals surface area contributed by atoms with Gasteiger partial charge in [-0.2, -0.15) is 0 Å². The fourth-order valence-corrected chi connectivity index (χ4v) is 2.96. The summed E-state index contributed by atoms with van der Waals surface area (Å²) in [5.74, 6) is -0.623. The van der Waals surface area contributed by atoms with Crippen molar-refractivity contribution in [3.8, 4) is 11.3 Å².